The number of aromatic nitrogens is 1. The molecule has 0 saturated carbocycles. The minimum absolute atomic E-state index is 0.184. The number of aromatic hydroxyl groups is 1. The molecule has 1 aromatic heterocycles. The van der Waals surface area contributed by atoms with E-state index >= 15 is 0 Å². The number of benzene rings is 2. The van der Waals surface area contributed by atoms with Crippen molar-refractivity contribution >= 4 is 22.7 Å². The van der Waals surface area contributed by atoms with E-state index < -0.39 is 34.7 Å². The lowest BCUT2D eigenvalue weighted by molar-refractivity contribution is -0.122. The van der Waals surface area contributed by atoms with Crippen molar-refractivity contribution in [1.82, 2.24) is 15.2 Å². The molecule has 1 saturated heterocycles. The maximum absolute atomic E-state index is 13.9. The van der Waals surface area contributed by atoms with Crippen LogP contribution < -0.4 is 15.4 Å². The van der Waals surface area contributed by atoms with Gasteiger partial charge in [-0.3, -0.25) is 10.1 Å². The lowest BCUT2D eigenvalue weighted by Gasteiger charge is -2.20. The third-order valence-corrected chi connectivity index (χ3v) is 4.78. The molecule has 30 heavy (non-hydrogen) atoms. The van der Waals surface area contributed by atoms with Gasteiger partial charge in [0, 0.05) is 17.0 Å². The Morgan fingerprint density at radius 3 is 2.57 bits per heavy atom. The third-order valence-electron chi connectivity index (χ3n) is 4.78. The summed E-state index contributed by atoms with van der Waals surface area (Å²) in [6.07, 6.45) is 1.56. The Balaban J connectivity index is 1.79. The molecule has 152 valence electrons. The smallest absolute Gasteiger partial charge is 0.323 e. The average molecular weight is 411 g/mol. The summed E-state index contributed by atoms with van der Waals surface area (Å²) in [6, 6.07) is 7.48. The number of imide groups is 1. The first-order valence-electron chi connectivity index (χ1n) is 8.79. The van der Waals surface area contributed by atoms with Crippen LogP contribution in [-0.2, 0) is 11.3 Å². The number of methoxy groups -OCH3 is 1. The molecule has 3 N–H and O–H groups in total. The number of rotatable bonds is 3. The molecule has 1 aliphatic heterocycles. The van der Waals surface area contributed by atoms with E-state index in [1.165, 1.54) is 17.7 Å². The summed E-state index contributed by atoms with van der Waals surface area (Å²) in [6.45, 7) is -0.295. The van der Waals surface area contributed by atoms with E-state index in [0.717, 1.165) is 12.1 Å². The molecule has 3 amide bonds. The highest BCUT2D eigenvalue weighted by atomic mass is 19.1. The van der Waals surface area contributed by atoms with Crippen molar-refractivity contribution < 1.29 is 28.2 Å². The molecule has 4 rings (SSSR count). The number of hydrogen-bond donors (Lipinski definition) is 3. The summed E-state index contributed by atoms with van der Waals surface area (Å²) in [7, 11) is 1.49. The molecule has 2 aromatic carbocycles. The van der Waals surface area contributed by atoms with Gasteiger partial charge >= 0.3 is 6.03 Å². The average Bonchev–Trinajstić information content (AvgIpc) is 3.16. The molecule has 0 aliphatic carbocycles. The number of carbonyl (C=O) groups excluding carboxylic acids is 2. The minimum Gasteiger partial charge on any atom is -0.497 e. The van der Waals surface area contributed by atoms with E-state index in [-0.39, 0.29) is 12.4 Å². The fourth-order valence-electron chi connectivity index (χ4n) is 3.25. The van der Waals surface area contributed by atoms with E-state index in [1.54, 1.807) is 24.4 Å². The lowest BCUT2D eigenvalue weighted by atomic mass is 9.99. The number of nitrogens with zero attached hydrogens (tertiary/aromatic N) is 1. The highest BCUT2D eigenvalue weighted by Gasteiger charge is 2.46. The SMILES string of the molecule is COc1ccc2cn(C[C@@]3(C#Cc4c(F)cccc4F)NC(=O)NC3=O)c(O)c2c1. The zero-order valence-electron chi connectivity index (χ0n) is 15.6. The predicted octanol–water partition coefficient (Wildman–Crippen LogP) is 2.26. The highest BCUT2D eigenvalue weighted by molar-refractivity contribution is 6.09. The quantitative estimate of drug-likeness (QED) is 0.455. The molecule has 1 fully saturated rings. The maximum Gasteiger partial charge on any atom is 0.323 e. The van der Waals surface area contributed by atoms with E-state index in [1.807, 2.05) is 0 Å². The largest absolute Gasteiger partial charge is 0.497 e. The Hall–Kier alpha value is -4.06. The summed E-state index contributed by atoms with van der Waals surface area (Å²) in [5, 5.41) is 16.2. The van der Waals surface area contributed by atoms with Gasteiger partial charge in [0.1, 0.15) is 17.4 Å². The van der Waals surface area contributed by atoms with Gasteiger partial charge < -0.3 is 19.7 Å². The first-order chi connectivity index (χ1) is 14.3. The summed E-state index contributed by atoms with van der Waals surface area (Å²) in [4.78, 5) is 24.3. The van der Waals surface area contributed by atoms with Crippen LogP contribution in [0.5, 0.6) is 11.6 Å². The second-order valence-corrected chi connectivity index (χ2v) is 6.69. The third kappa shape index (κ3) is 3.18. The number of ether oxygens (including phenoxy) is 1. The standard InChI is InChI=1S/C21H15F2N3O4/c1-30-13-6-5-12-10-26(18(27)15(12)9-13)11-21(19(28)24-20(29)25-21)8-7-14-16(22)3-2-4-17(14)23/h2-6,9-10,27H,11H2,1H3,(H2,24,25,28,29)/t21-/m1/s1. The van der Waals surface area contributed by atoms with Gasteiger partial charge in [-0.1, -0.05) is 17.9 Å². The number of fused-ring (bicyclic) bond motifs is 1. The van der Waals surface area contributed by atoms with Gasteiger partial charge in [-0.15, -0.1) is 0 Å². The summed E-state index contributed by atoms with van der Waals surface area (Å²) in [5.41, 5.74) is -2.37. The Morgan fingerprint density at radius 1 is 1.20 bits per heavy atom. The van der Waals surface area contributed by atoms with Crippen LogP contribution in [0.2, 0.25) is 0 Å². The van der Waals surface area contributed by atoms with Crippen LogP contribution in [0.15, 0.2) is 42.6 Å². The molecule has 3 aromatic rings. The Labute approximate surface area is 169 Å². The van der Waals surface area contributed by atoms with Crippen LogP contribution in [0.25, 0.3) is 10.8 Å². The van der Waals surface area contributed by atoms with Gasteiger partial charge in [-0.05, 0) is 30.3 Å². The molecule has 0 spiro atoms. The maximum atomic E-state index is 13.9. The molecule has 0 radical (unpaired) electrons. The Kier molecular flexibility index (Phi) is 4.54. The second-order valence-electron chi connectivity index (χ2n) is 6.69. The molecular weight excluding hydrogens is 396 g/mol. The zero-order valence-corrected chi connectivity index (χ0v) is 15.6. The number of nitrogens with one attached hydrogen (secondary N) is 2. The van der Waals surface area contributed by atoms with Crippen LogP contribution in [0.1, 0.15) is 5.56 Å². The van der Waals surface area contributed by atoms with Crippen molar-refractivity contribution in [3.05, 3.63) is 59.8 Å². The number of urea groups is 1. The Morgan fingerprint density at radius 2 is 1.93 bits per heavy atom. The molecule has 9 heteroatoms. The Bertz CT molecular complexity index is 1240. The van der Waals surface area contributed by atoms with Crippen molar-refractivity contribution in [2.24, 2.45) is 0 Å². The van der Waals surface area contributed by atoms with E-state index in [0.29, 0.717) is 16.5 Å². The fourth-order valence-corrected chi connectivity index (χ4v) is 3.25. The monoisotopic (exact) mass is 411 g/mol. The molecule has 1 aliphatic rings. The van der Waals surface area contributed by atoms with Crippen LogP contribution in [-0.4, -0.2) is 34.3 Å². The van der Waals surface area contributed by atoms with Gasteiger partial charge in [0.25, 0.3) is 5.91 Å². The van der Waals surface area contributed by atoms with E-state index in [9.17, 15) is 23.5 Å². The number of amides is 3. The first kappa shape index (κ1) is 19.3. The number of carbonyl (C=O) groups is 2. The molecule has 0 unspecified atom stereocenters. The lowest BCUT2D eigenvalue weighted by Crippen LogP contribution is -2.49. The molecule has 0 bridgehead atoms. The zero-order chi connectivity index (χ0) is 21.5. The number of halogens is 2. The van der Waals surface area contributed by atoms with Crippen LogP contribution >= 0.6 is 0 Å². The van der Waals surface area contributed by atoms with Gasteiger partial charge in [0.2, 0.25) is 5.54 Å². The molecular formula is C21H15F2N3O4. The van der Waals surface area contributed by atoms with Gasteiger partial charge in [-0.25, -0.2) is 13.6 Å². The fraction of sp³-hybridized carbons (Fsp3) is 0.143. The van der Waals surface area contributed by atoms with Gasteiger partial charge in [0.05, 0.1) is 19.2 Å². The topological polar surface area (TPSA) is 92.6 Å². The van der Waals surface area contributed by atoms with Crippen LogP contribution in [0.3, 0.4) is 0 Å². The van der Waals surface area contributed by atoms with E-state index in [4.69, 9.17) is 4.74 Å². The van der Waals surface area contributed by atoms with Crippen molar-refractivity contribution in [3.8, 4) is 23.5 Å². The van der Waals surface area contributed by atoms with Gasteiger partial charge in [-0.2, -0.15) is 0 Å². The highest BCUT2D eigenvalue weighted by Crippen LogP contribution is 2.32. The summed E-state index contributed by atoms with van der Waals surface area (Å²) in [5.74, 6) is 2.54. The van der Waals surface area contributed by atoms with Crippen molar-refractivity contribution in [2.75, 3.05) is 7.11 Å². The molecule has 7 nitrogen and oxygen atoms in total. The normalized spacial score (nSPS) is 18.0. The predicted molar refractivity (Wildman–Crippen MR) is 103 cm³/mol. The molecule has 1 atom stereocenters. The first-order valence-corrected chi connectivity index (χ1v) is 8.79. The summed E-state index contributed by atoms with van der Waals surface area (Å²) < 4.78 is 34.3. The summed E-state index contributed by atoms with van der Waals surface area (Å²) >= 11 is 0. The number of hydrogen-bond acceptors (Lipinski definition) is 4. The van der Waals surface area contributed by atoms with E-state index in [2.05, 4.69) is 22.5 Å². The van der Waals surface area contributed by atoms with Gasteiger partial charge in [0.15, 0.2) is 5.88 Å². The van der Waals surface area contributed by atoms with Crippen LogP contribution in [0.4, 0.5) is 13.6 Å². The second kappa shape index (κ2) is 7.08. The van der Waals surface area contributed by atoms with Crippen molar-refractivity contribution in [2.45, 2.75) is 12.1 Å². The van der Waals surface area contributed by atoms with Crippen LogP contribution in [0, 0.1) is 23.5 Å². The minimum atomic E-state index is -1.84. The van der Waals surface area contributed by atoms with Crippen molar-refractivity contribution in [1.29, 1.82) is 0 Å². The van der Waals surface area contributed by atoms with Crippen molar-refractivity contribution in [3.63, 3.8) is 0 Å². The molecule has 2 heterocycles.